The van der Waals surface area contributed by atoms with Gasteiger partial charge in [-0.15, -0.1) is 0 Å². The Morgan fingerprint density at radius 2 is 1.70 bits per heavy atom. The second-order valence-corrected chi connectivity index (χ2v) is 8.39. The molecule has 0 saturated heterocycles. The second-order valence-electron chi connectivity index (χ2n) is 6.62. The Morgan fingerprint density at radius 1 is 0.970 bits per heavy atom. The van der Waals surface area contributed by atoms with Crippen LogP contribution in [0.25, 0.3) is 0 Å². The van der Waals surface area contributed by atoms with Crippen LogP contribution in [0.2, 0.25) is 0 Å². The fourth-order valence-electron chi connectivity index (χ4n) is 2.76. The van der Waals surface area contributed by atoms with Gasteiger partial charge < -0.3 is 23.9 Å². The number of ether oxygens (including phenoxy) is 3. The van der Waals surface area contributed by atoms with Crippen molar-refractivity contribution in [3.05, 3.63) is 72.2 Å². The smallest absolute Gasteiger partial charge is 0.338 e. The Kier molecular flexibility index (Phi) is 7.70. The van der Waals surface area contributed by atoms with Gasteiger partial charge >= 0.3 is 5.97 Å². The van der Waals surface area contributed by atoms with E-state index < -0.39 is 28.5 Å². The van der Waals surface area contributed by atoms with Crippen molar-refractivity contribution in [2.24, 2.45) is 0 Å². The Balaban J connectivity index is 1.53. The van der Waals surface area contributed by atoms with E-state index in [1.165, 1.54) is 44.7 Å². The molecule has 174 valence electrons. The minimum absolute atomic E-state index is 0.00565. The van der Waals surface area contributed by atoms with Gasteiger partial charge in [-0.2, -0.15) is 0 Å². The van der Waals surface area contributed by atoms with Gasteiger partial charge in [0.1, 0.15) is 5.76 Å². The predicted molar refractivity (Wildman–Crippen MR) is 118 cm³/mol. The fourth-order valence-corrected chi connectivity index (χ4v) is 3.75. The van der Waals surface area contributed by atoms with E-state index in [1.807, 2.05) is 0 Å². The van der Waals surface area contributed by atoms with E-state index in [2.05, 4.69) is 10.0 Å². The van der Waals surface area contributed by atoms with Crippen LogP contribution in [0.15, 0.2) is 70.2 Å². The topological polar surface area (TPSA) is 133 Å². The lowest BCUT2D eigenvalue weighted by Gasteiger charge is -2.11. The van der Waals surface area contributed by atoms with Gasteiger partial charge in [-0.1, -0.05) is 0 Å². The zero-order valence-corrected chi connectivity index (χ0v) is 18.7. The number of carbonyl (C=O) groups excluding carboxylic acids is 2. The summed E-state index contributed by atoms with van der Waals surface area (Å²) in [4.78, 5) is 24.3. The molecule has 0 aliphatic rings. The molecule has 0 spiro atoms. The van der Waals surface area contributed by atoms with Crippen molar-refractivity contribution in [2.45, 2.75) is 11.4 Å². The second kappa shape index (κ2) is 10.7. The maximum atomic E-state index is 12.3. The summed E-state index contributed by atoms with van der Waals surface area (Å²) in [6, 6.07) is 13.2. The van der Waals surface area contributed by atoms with Gasteiger partial charge in [-0.25, -0.2) is 17.9 Å². The predicted octanol–water partition coefficient (Wildman–Crippen LogP) is 2.57. The van der Waals surface area contributed by atoms with Gasteiger partial charge in [0, 0.05) is 11.8 Å². The van der Waals surface area contributed by atoms with Crippen LogP contribution in [0.5, 0.6) is 11.5 Å². The summed E-state index contributed by atoms with van der Waals surface area (Å²) in [5, 5.41) is 2.58. The van der Waals surface area contributed by atoms with E-state index in [9.17, 15) is 18.0 Å². The summed E-state index contributed by atoms with van der Waals surface area (Å²) < 4.78 is 47.5. The van der Waals surface area contributed by atoms with Gasteiger partial charge in [0.05, 0.1) is 37.5 Å². The van der Waals surface area contributed by atoms with E-state index >= 15 is 0 Å². The molecule has 1 amide bonds. The molecule has 2 N–H and O–H groups in total. The molecule has 3 aromatic rings. The number of esters is 1. The normalized spacial score (nSPS) is 11.0. The molecule has 0 aliphatic heterocycles. The van der Waals surface area contributed by atoms with Crippen LogP contribution in [0.3, 0.4) is 0 Å². The average Bonchev–Trinajstić information content (AvgIpc) is 3.35. The third-order valence-corrected chi connectivity index (χ3v) is 5.84. The number of sulfonamides is 1. The molecule has 1 heterocycles. The minimum Gasteiger partial charge on any atom is -0.493 e. The van der Waals surface area contributed by atoms with E-state index in [-0.39, 0.29) is 17.0 Å². The van der Waals surface area contributed by atoms with Crippen LogP contribution in [-0.4, -0.2) is 41.1 Å². The van der Waals surface area contributed by atoms with Crippen LogP contribution >= 0.6 is 0 Å². The van der Waals surface area contributed by atoms with Crippen LogP contribution in [-0.2, 0) is 26.1 Å². The third kappa shape index (κ3) is 6.34. The highest BCUT2D eigenvalue weighted by Gasteiger charge is 2.17. The number of nitrogens with one attached hydrogen (secondary N) is 2. The van der Waals surface area contributed by atoms with Crippen LogP contribution < -0.4 is 19.5 Å². The number of hydrogen-bond donors (Lipinski definition) is 2. The molecule has 1 aromatic heterocycles. The SMILES string of the molecule is COc1ccc(NC(=O)COC(=O)c2ccc(S(=O)(=O)NCc3ccco3)cc2)cc1OC. The van der Waals surface area contributed by atoms with Crippen molar-refractivity contribution in [3.63, 3.8) is 0 Å². The van der Waals surface area contributed by atoms with Crippen molar-refractivity contribution >= 4 is 27.6 Å². The maximum Gasteiger partial charge on any atom is 0.338 e. The molecular formula is C22H22N2O8S. The quantitative estimate of drug-likeness (QED) is 0.429. The molecule has 10 nitrogen and oxygen atoms in total. The highest BCUT2D eigenvalue weighted by molar-refractivity contribution is 7.89. The summed E-state index contributed by atoms with van der Waals surface area (Å²) >= 11 is 0. The summed E-state index contributed by atoms with van der Waals surface area (Å²) in [6.45, 7) is -0.535. The van der Waals surface area contributed by atoms with Gasteiger partial charge in [-0.3, -0.25) is 4.79 Å². The Hall–Kier alpha value is -3.83. The zero-order chi connectivity index (χ0) is 23.8. The molecule has 11 heteroatoms. The van der Waals surface area contributed by atoms with Crippen molar-refractivity contribution < 1.29 is 36.6 Å². The molecule has 0 fully saturated rings. The summed E-state index contributed by atoms with van der Waals surface area (Å²) in [6.07, 6.45) is 1.44. The third-order valence-electron chi connectivity index (χ3n) is 4.42. The molecule has 0 saturated carbocycles. The monoisotopic (exact) mass is 474 g/mol. The van der Waals surface area contributed by atoms with Crippen LogP contribution in [0.1, 0.15) is 16.1 Å². The number of rotatable bonds is 10. The van der Waals surface area contributed by atoms with E-state index in [0.717, 1.165) is 0 Å². The maximum absolute atomic E-state index is 12.3. The van der Waals surface area contributed by atoms with E-state index in [1.54, 1.807) is 30.3 Å². The molecule has 2 aromatic carbocycles. The van der Waals surface area contributed by atoms with Gasteiger partial charge in [0.15, 0.2) is 18.1 Å². The highest BCUT2D eigenvalue weighted by Crippen LogP contribution is 2.29. The largest absolute Gasteiger partial charge is 0.493 e. The lowest BCUT2D eigenvalue weighted by Crippen LogP contribution is -2.23. The first-order valence-electron chi connectivity index (χ1n) is 9.63. The number of hydrogen-bond acceptors (Lipinski definition) is 8. The Bertz CT molecular complexity index is 1210. The lowest BCUT2D eigenvalue weighted by atomic mass is 10.2. The van der Waals surface area contributed by atoms with Crippen LogP contribution in [0.4, 0.5) is 5.69 Å². The lowest BCUT2D eigenvalue weighted by molar-refractivity contribution is -0.119. The van der Waals surface area contributed by atoms with Gasteiger partial charge in [0.2, 0.25) is 10.0 Å². The first kappa shape index (κ1) is 23.8. The first-order valence-corrected chi connectivity index (χ1v) is 11.1. The van der Waals surface area contributed by atoms with Crippen molar-refractivity contribution in [1.82, 2.24) is 4.72 Å². The van der Waals surface area contributed by atoms with Crippen molar-refractivity contribution in [1.29, 1.82) is 0 Å². The molecule has 0 radical (unpaired) electrons. The van der Waals surface area contributed by atoms with Crippen LogP contribution in [0, 0.1) is 0 Å². The standard InChI is InChI=1S/C22H22N2O8S/c1-29-19-10-7-16(12-20(19)30-2)24-21(25)14-32-22(26)15-5-8-18(9-6-15)33(27,28)23-13-17-4-3-11-31-17/h3-12,23H,13-14H2,1-2H3,(H,24,25). The number of amides is 1. The molecule has 3 rings (SSSR count). The molecule has 0 bridgehead atoms. The number of carbonyl (C=O) groups is 2. The number of benzene rings is 2. The summed E-state index contributed by atoms with van der Waals surface area (Å²) in [5.74, 6) is 0.0662. The first-order chi connectivity index (χ1) is 15.8. The number of anilines is 1. The molecular weight excluding hydrogens is 452 g/mol. The number of furan rings is 1. The highest BCUT2D eigenvalue weighted by atomic mass is 32.2. The van der Waals surface area contributed by atoms with Gasteiger partial charge in [0.25, 0.3) is 5.91 Å². The summed E-state index contributed by atoms with van der Waals surface area (Å²) in [5.41, 5.74) is 0.532. The van der Waals surface area contributed by atoms with Gasteiger partial charge in [-0.05, 0) is 48.5 Å². The van der Waals surface area contributed by atoms with E-state index in [0.29, 0.717) is 22.9 Å². The number of methoxy groups -OCH3 is 2. The zero-order valence-electron chi connectivity index (χ0n) is 17.9. The molecule has 0 aliphatic carbocycles. The molecule has 0 unspecified atom stereocenters. The summed E-state index contributed by atoms with van der Waals surface area (Å²) in [7, 11) is -0.831. The average molecular weight is 474 g/mol. The Labute approximate surface area is 190 Å². The minimum atomic E-state index is -3.80. The van der Waals surface area contributed by atoms with E-state index in [4.69, 9.17) is 18.6 Å². The molecule has 0 atom stereocenters. The van der Waals surface area contributed by atoms with Crippen molar-refractivity contribution in [2.75, 3.05) is 26.1 Å². The fraction of sp³-hybridized carbons (Fsp3) is 0.182. The Morgan fingerprint density at radius 3 is 2.33 bits per heavy atom. The van der Waals surface area contributed by atoms with Crippen molar-refractivity contribution in [3.8, 4) is 11.5 Å². The molecule has 33 heavy (non-hydrogen) atoms.